The number of likely N-dealkylation sites (tertiary alicyclic amines) is 1. The molecular formula is C12H19N3O3. The van der Waals surface area contributed by atoms with Crippen molar-refractivity contribution in [1.29, 1.82) is 0 Å². The zero-order valence-electron chi connectivity index (χ0n) is 10.5. The van der Waals surface area contributed by atoms with Gasteiger partial charge in [0, 0.05) is 18.7 Å². The van der Waals surface area contributed by atoms with Crippen LogP contribution >= 0.6 is 0 Å². The van der Waals surface area contributed by atoms with E-state index >= 15 is 0 Å². The van der Waals surface area contributed by atoms with Crippen LogP contribution in [0.4, 0.5) is 0 Å². The van der Waals surface area contributed by atoms with Gasteiger partial charge in [-0.25, -0.2) is 4.79 Å². The maximum atomic E-state index is 11.0. The van der Waals surface area contributed by atoms with Crippen molar-refractivity contribution in [2.24, 2.45) is 0 Å². The molecule has 18 heavy (non-hydrogen) atoms. The smallest absolute Gasteiger partial charge is 0.354 e. The van der Waals surface area contributed by atoms with Gasteiger partial charge in [-0.1, -0.05) is 0 Å². The number of aromatic carboxylic acids is 1. The number of hydrogen-bond donors (Lipinski definition) is 3. The largest absolute Gasteiger partial charge is 0.477 e. The predicted octanol–water partition coefficient (Wildman–Crippen LogP) is 0.845. The zero-order chi connectivity index (χ0) is 13.2. The topological polar surface area (TPSA) is 89.5 Å². The molecule has 1 aromatic heterocycles. The average Bonchev–Trinajstić information content (AvgIpc) is 2.66. The number of carboxylic acid groups (broad SMARTS) is 1. The first-order chi connectivity index (χ1) is 8.48. The number of hydrogen-bond acceptors (Lipinski definition) is 4. The molecule has 1 fully saturated rings. The van der Waals surface area contributed by atoms with Gasteiger partial charge >= 0.3 is 5.97 Å². The Morgan fingerprint density at radius 1 is 1.56 bits per heavy atom. The van der Waals surface area contributed by atoms with Crippen LogP contribution in [0.25, 0.3) is 0 Å². The molecular weight excluding hydrogens is 234 g/mol. The number of aromatic nitrogens is 2. The lowest BCUT2D eigenvalue weighted by molar-refractivity contribution is 0.0443. The molecule has 1 aromatic rings. The highest BCUT2D eigenvalue weighted by Gasteiger charge is 2.25. The molecule has 0 saturated carbocycles. The lowest BCUT2D eigenvalue weighted by atomic mass is 9.98. The molecule has 1 unspecified atom stereocenters. The van der Waals surface area contributed by atoms with Crippen LogP contribution in [0.3, 0.4) is 0 Å². The first-order valence-electron chi connectivity index (χ1n) is 6.18. The van der Waals surface area contributed by atoms with E-state index in [1.54, 1.807) is 6.20 Å². The third-order valence-electron chi connectivity index (χ3n) is 3.48. The fourth-order valence-electron chi connectivity index (χ4n) is 2.33. The van der Waals surface area contributed by atoms with Gasteiger partial charge in [0.15, 0.2) is 0 Å². The Morgan fingerprint density at radius 2 is 2.33 bits per heavy atom. The molecule has 6 nitrogen and oxygen atoms in total. The molecule has 0 radical (unpaired) electrons. The van der Waals surface area contributed by atoms with Gasteiger partial charge in [0.1, 0.15) is 5.69 Å². The predicted molar refractivity (Wildman–Crippen MR) is 65.3 cm³/mol. The lowest BCUT2D eigenvalue weighted by Crippen LogP contribution is -2.28. The van der Waals surface area contributed by atoms with Crippen molar-refractivity contribution >= 4 is 5.97 Å². The van der Waals surface area contributed by atoms with E-state index in [-0.39, 0.29) is 5.69 Å². The van der Waals surface area contributed by atoms with Crippen molar-refractivity contribution in [2.45, 2.75) is 38.3 Å². The van der Waals surface area contributed by atoms with Crippen LogP contribution in [0.2, 0.25) is 0 Å². The van der Waals surface area contributed by atoms with E-state index in [4.69, 9.17) is 5.11 Å². The molecule has 3 N–H and O–H groups in total. The summed E-state index contributed by atoms with van der Waals surface area (Å²) < 4.78 is 0. The summed E-state index contributed by atoms with van der Waals surface area (Å²) in [7, 11) is 0. The van der Waals surface area contributed by atoms with E-state index in [2.05, 4.69) is 15.1 Å². The molecule has 1 atom stereocenters. The van der Waals surface area contributed by atoms with Gasteiger partial charge < -0.3 is 10.2 Å². The Labute approximate surface area is 106 Å². The van der Waals surface area contributed by atoms with Gasteiger partial charge in [-0.3, -0.25) is 10.00 Å². The fraction of sp³-hybridized carbons (Fsp3) is 0.667. The number of carboxylic acids is 1. The molecule has 0 aromatic carbocycles. The van der Waals surface area contributed by atoms with Gasteiger partial charge in [-0.05, 0) is 32.7 Å². The highest BCUT2D eigenvalue weighted by Crippen LogP contribution is 2.22. The van der Waals surface area contributed by atoms with Crippen LogP contribution in [0.5, 0.6) is 0 Å². The Morgan fingerprint density at radius 3 is 3.06 bits per heavy atom. The van der Waals surface area contributed by atoms with Crippen molar-refractivity contribution < 1.29 is 15.0 Å². The van der Waals surface area contributed by atoms with Gasteiger partial charge in [0.25, 0.3) is 0 Å². The molecule has 0 spiro atoms. The first-order valence-corrected chi connectivity index (χ1v) is 6.18. The maximum absolute atomic E-state index is 11.0. The number of aliphatic hydroxyl groups is 1. The summed E-state index contributed by atoms with van der Waals surface area (Å²) in [6.07, 6.45) is 3.99. The SMILES string of the molecule is CC1(O)CCCN(Cc2cn[nH]c2C(=O)O)CC1. The van der Waals surface area contributed by atoms with Gasteiger partial charge in [-0.2, -0.15) is 5.10 Å². The minimum atomic E-state index is -0.982. The number of nitrogens with one attached hydrogen (secondary N) is 1. The van der Waals surface area contributed by atoms with Crippen LogP contribution in [0.15, 0.2) is 6.20 Å². The number of rotatable bonds is 3. The van der Waals surface area contributed by atoms with Crippen LogP contribution in [0.1, 0.15) is 42.2 Å². The van der Waals surface area contributed by atoms with E-state index < -0.39 is 11.6 Å². The van der Waals surface area contributed by atoms with E-state index in [1.807, 2.05) is 6.92 Å². The minimum Gasteiger partial charge on any atom is -0.477 e. The van der Waals surface area contributed by atoms with Gasteiger partial charge in [-0.15, -0.1) is 0 Å². The molecule has 100 valence electrons. The minimum absolute atomic E-state index is 0.158. The molecule has 2 heterocycles. The van der Waals surface area contributed by atoms with Crippen LogP contribution in [-0.4, -0.2) is 50.0 Å². The molecule has 0 amide bonds. The fourth-order valence-corrected chi connectivity index (χ4v) is 2.33. The standard InChI is InChI=1S/C12H19N3O3/c1-12(18)3-2-5-15(6-4-12)8-9-7-13-14-10(9)11(16)17/h7,18H,2-6,8H2,1H3,(H,13,14)(H,16,17). The maximum Gasteiger partial charge on any atom is 0.354 e. The summed E-state index contributed by atoms with van der Waals surface area (Å²) >= 11 is 0. The van der Waals surface area contributed by atoms with E-state index in [9.17, 15) is 9.90 Å². The Kier molecular flexibility index (Phi) is 3.68. The summed E-state index contributed by atoms with van der Waals surface area (Å²) in [5.41, 5.74) is 0.260. The lowest BCUT2D eigenvalue weighted by Gasteiger charge is -2.22. The molecule has 1 saturated heterocycles. The van der Waals surface area contributed by atoms with Crippen molar-refractivity contribution in [2.75, 3.05) is 13.1 Å². The van der Waals surface area contributed by atoms with Crippen molar-refractivity contribution in [1.82, 2.24) is 15.1 Å². The van der Waals surface area contributed by atoms with Crippen molar-refractivity contribution in [3.8, 4) is 0 Å². The second-order valence-corrected chi connectivity index (χ2v) is 5.20. The Bertz CT molecular complexity index is 428. The molecule has 2 rings (SSSR count). The highest BCUT2D eigenvalue weighted by atomic mass is 16.4. The number of aromatic amines is 1. The third kappa shape index (κ3) is 3.08. The quantitative estimate of drug-likeness (QED) is 0.743. The molecule has 0 bridgehead atoms. The average molecular weight is 253 g/mol. The zero-order valence-corrected chi connectivity index (χ0v) is 10.5. The van der Waals surface area contributed by atoms with Crippen LogP contribution < -0.4 is 0 Å². The van der Waals surface area contributed by atoms with Crippen molar-refractivity contribution in [3.05, 3.63) is 17.5 Å². The Hall–Kier alpha value is -1.40. The number of H-pyrrole nitrogens is 1. The normalized spacial score (nSPS) is 25.9. The van der Waals surface area contributed by atoms with Gasteiger partial charge in [0.05, 0.1) is 11.8 Å². The van der Waals surface area contributed by atoms with E-state index in [1.165, 1.54) is 0 Å². The summed E-state index contributed by atoms with van der Waals surface area (Å²) in [4.78, 5) is 13.1. The van der Waals surface area contributed by atoms with Crippen molar-refractivity contribution in [3.63, 3.8) is 0 Å². The summed E-state index contributed by atoms with van der Waals surface area (Å²) in [5.74, 6) is -0.982. The second kappa shape index (κ2) is 5.07. The number of carbonyl (C=O) groups is 1. The van der Waals surface area contributed by atoms with Gasteiger partial charge in [0.2, 0.25) is 0 Å². The van der Waals surface area contributed by atoms with E-state index in [0.717, 1.165) is 25.9 Å². The van der Waals surface area contributed by atoms with E-state index in [0.29, 0.717) is 18.5 Å². The second-order valence-electron chi connectivity index (χ2n) is 5.20. The Balaban J connectivity index is 2.01. The molecule has 1 aliphatic rings. The summed E-state index contributed by atoms with van der Waals surface area (Å²) in [6.45, 7) is 4.07. The summed E-state index contributed by atoms with van der Waals surface area (Å²) in [6, 6.07) is 0. The third-order valence-corrected chi connectivity index (χ3v) is 3.48. The summed E-state index contributed by atoms with van der Waals surface area (Å²) in [5, 5.41) is 25.3. The highest BCUT2D eigenvalue weighted by molar-refractivity contribution is 5.86. The molecule has 6 heteroatoms. The first kappa shape index (κ1) is 13.0. The van der Waals surface area contributed by atoms with Crippen LogP contribution in [-0.2, 0) is 6.54 Å². The molecule has 0 aliphatic carbocycles. The molecule has 1 aliphatic heterocycles. The monoisotopic (exact) mass is 253 g/mol. The number of nitrogens with zero attached hydrogens (tertiary/aromatic N) is 2. The van der Waals surface area contributed by atoms with Crippen LogP contribution in [0, 0.1) is 0 Å².